The zero-order chi connectivity index (χ0) is 18.0. The maximum atomic E-state index is 12.9. The number of benzene rings is 1. The summed E-state index contributed by atoms with van der Waals surface area (Å²) in [6.45, 7) is 7.35. The maximum absolute atomic E-state index is 12.9. The van der Waals surface area contributed by atoms with Gasteiger partial charge in [-0.2, -0.15) is 5.10 Å². The number of ether oxygens (including phenoxy) is 1. The molecule has 2 heterocycles. The fourth-order valence-electron chi connectivity index (χ4n) is 3.15. The zero-order valence-electron chi connectivity index (χ0n) is 15.0. The number of hydrogen-bond donors (Lipinski definition) is 2. The summed E-state index contributed by atoms with van der Waals surface area (Å²) in [5.74, 6) is -0.100. The van der Waals surface area contributed by atoms with E-state index in [9.17, 15) is 9.90 Å². The molecule has 6 heteroatoms. The summed E-state index contributed by atoms with van der Waals surface area (Å²) in [4.78, 5) is 14.6. The molecule has 1 aliphatic rings. The highest BCUT2D eigenvalue weighted by atomic mass is 16.5. The number of aliphatic hydroxyl groups excluding tert-OH is 1. The van der Waals surface area contributed by atoms with Crippen LogP contribution in [0.25, 0.3) is 11.3 Å². The lowest BCUT2D eigenvalue weighted by atomic mass is 10.0. The Morgan fingerprint density at radius 3 is 2.92 bits per heavy atom. The van der Waals surface area contributed by atoms with E-state index in [1.54, 1.807) is 17.9 Å². The third-order valence-electron chi connectivity index (χ3n) is 4.71. The van der Waals surface area contributed by atoms with Gasteiger partial charge < -0.3 is 14.7 Å². The number of morpholine rings is 1. The van der Waals surface area contributed by atoms with Gasteiger partial charge in [0.1, 0.15) is 5.69 Å². The van der Waals surface area contributed by atoms with Crippen LogP contribution in [0.1, 0.15) is 35.0 Å². The molecular formula is C19H25N3O3. The van der Waals surface area contributed by atoms with Crippen molar-refractivity contribution in [3.63, 3.8) is 0 Å². The van der Waals surface area contributed by atoms with Crippen molar-refractivity contribution in [2.24, 2.45) is 0 Å². The molecule has 134 valence electrons. The van der Waals surface area contributed by atoms with E-state index < -0.39 is 6.10 Å². The van der Waals surface area contributed by atoms with Crippen molar-refractivity contribution in [1.29, 1.82) is 0 Å². The van der Waals surface area contributed by atoms with Crippen LogP contribution in [-0.2, 0) is 4.74 Å². The highest BCUT2D eigenvalue weighted by Crippen LogP contribution is 2.22. The average molecular weight is 343 g/mol. The summed E-state index contributed by atoms with van der Waals surface area (Å²) < 4.78 is 5.47. The van der Waals surface area contributed by atoms with Crippen molar-refractivity contribution in [2.75, 3.05) is 19.8 Å². The van der Waals surface area contributed by atoms with Crippen LogP contribution in [0, 0.1) is 13.8 Å². The summed E-state index contributed by atoms with van der Waals surface area (Å²) in [6.07, 6.45) is 0.0269. The minimum atomic E-state index is -0.477. The van der Waals surface area contributed by atoms with Crippen LogP contribution < -0.4 is 0 Å². The van der Waals surface area contributed by atoms with Gasteiger partial charge >= 0.3 is 0 Å². The summed E-state index contributed by atoms with van der Waals surface area (Å²) in [5.41, 5.74) is 4.63. The van der Waals surface area contributed by atoms with Gasteiger partial charge in [0.15, 0.2) is 0 Å². The number of carbonyl (C=O) groups is 1. The van der Waals surface area contributed by atoms with E-state index in [4.69, 9.17) is 4.74 Å². The Labute approximate surface area is 147 Å². The fourth-order valence-corrected chi connectivity index (χ4v) is 3.15. The number of nitrogens with zero attached hydrogens (tertiary/aromatic N) is 2. The van der Waals surface area contributed by atoms with E-state index in [0.717, 1.165) is 11.3 Å². The van der Waals surface area contributed by atoms with Gasteiger partial charge in [0.05, 0.1) is 31.1 Å². The minimum Gasteiger partial charge on any atom is -0.393 e. The van der Waals surface area contributed by atoms with Gasteiger partial charge in [-0.25, -0.2) is 0 Å². The second kappa shape index (κ2) is 7.37. The molecule has 2 atom stereocenters. The zero-order valence-corrected chi connectivity index (χ0v) is 15.0. The monoisotopic (exact) mass is 343 g/mol. The van der Waals surface area contributed by atoms with E-state index in [1.165, 1.54) is 11.1 Å². The molecule has 2 aromatic rings. The van der Waals surface area contributed by atoms with E-state index >= 15 is 0 Å². The van der Waals surface area contributed by atoms with Crippen molar-refractivity contribution in [3.8, 4) is 11.3 Å². The first-order valence-electron chi connectivity index (χ1n) is 8.65. The molecule has 0 radical (unpaired) electrons. The Kier molecular flexibility index (Phi) is 5.20. The van der Waals surface area contributed by atoms with Gasteiger partial charge in [0.25, 0.3) is 5.91 Å². The molecule has 1 aromatic carbocycles. The molecule has 1 aromatic heterocycles. The standard InChI is InChI=1S/C19H25N3O3/c1-12-4-5-15(8-13(12)2)17-10-18(21-20-17)19(24)22-6-7-25-11-16(22)9-14(3)23/h4-5,8,10,14,16,23H,6-7,9,11H2,1-3H3,(H,20,21)/t14-,16-/m1/s1. The van der Waals surface area contributed by atoms with Gasteiger partial charge in [-0.1, -0.05) is 12.1 Å². The van der Waals surface area contributed by atoms with Gasteiger partial charge in [0, 0.05) is 12.1 Å². The van der Waals surface area contributed by atoms with E-state index in [0.29, 0.717) is 31.9 Å². The Hall–Kier alpha value is -2.18. The van der Waals surface area contributed by atoms with Crippen LogP contribution in [0.5, 0.6) is 0 Å². The molecule has 1 saturated heterocycles. The smallest absolute Gasteiger partial charge is 0.272 e. The second-order valence-electron chi connectivity index (χ2n) is 6.78. The molecule has 0 unspecified atom stereocenters. The molecule has 0 aliphatic carbocycles. The molecule has 1 amide bonds. The topological polar surface area (TPSA) is 78.5 Å². The van der Waals surface area contributed by atoms with Crippen molar-refractivity contribution in [2.45, 2.75) is 39.3 Å². The van der Waals surface area contributed by atoms with E-state index in [2.05, 4.69) is 36.2 Å². The number of rotatable bonds is 4. The van der Waals surface area contributed by atoms with Crippen LogP contribution in [0.15, 0.2) is 24.3 Å². The molecule has 1 fully saturated rings. The average Bonchev–Trinajstić information content (AvgIpc) is 3.07. The number of H-pyrrole nitrogens is 1. The lowest BCUT2D eigenvalue weighted by Crippen LogP contribution is -2.49. The number of carbonyl (C=O) groups excluding carboxylic acids is 1. The Bertz CT molecular complexity index is 754. The molecule has 1 aliphatic heterocycles. The second-order valence-corrected chi connectivity index (χ2v) is 6.78. The summed E-state index contributed by atoms with van der Waals surface area (Å²) in [5, 5.41) is 16.8. The number of aromatic nitrogens is 2. The largest absolute Gasteiger partial charge is 0.393 e. The first-order valence-corrected chi connectivity index (χ1v) is 8.65. The van der Waals surface area contributed by atoms with Crippen LogP contribution in [0.3, 0.4) is 0 Å². The molecule has 6 nitrogen and oxygen atoms in total. The third-order valence-corrected chi connectivity index (χ3v) is 4.71. The fraction of sp³-hybridized carbons (Fsp3) is 0.474. The number of aryl methyl sites for hydroxylation is 2. The van der Waals surface area contributed by atoms with Crippen LogP contribution in [-0.4, -0.2) is 58.0 Å². The molecular weight excluding hydrogens is 318 g/mol. The van der Waals surface area contributed by atoms with Crippen molar-refractivity contribution < 1.29 is 14.6 Å². The molecule has 3 rings (SSSR count). The van der Waals surface area contributed by atoms with Crippen LogP contribution in [0.4, 0.5) is 0 Å². The highest BCUT2D eigenvalue weighted by molar-refractivity contribution is 5.93. The number of amides is 1. The van der Waals surface area contributed by atoms with Gasteiger partial charge in [-0.15, -0.1) is 0 Å². The number of nitrogens with one attached hydrogen (secondary N) is 1. The normalized spacial score (nSPS) is 19.0. The van der Waals surface area contributed by atoms with E-state index in [-0.39, 0.29) is 11.9 Å². The van der Waals surface area contributed by atoms with Crippen molar-refractivity contribution in [3.05, 3.63) is 41.1 Å². The predicted octanol–water partition coefficient (Wildman–Crippen LogP) is 2.31. The molecule has 0 bridgehead atoms. The summed E-state index contributed by atoms with van der Waals surface area (Å²) in [7, 11) is 0. The lowest BCUT2D eigenvalue weighted by molar-refractivity contribution is -0.0155. The predicted molar refractivity (Wildman–Crippen MR) is 95.4 cm³/mol. The summed E-state index contributed by atoms with van der Waals surface area (Å²) >= 11 is 0. The van der Waals surface area contributed by atoms with E-state index in [1.807, 2.05) is 6.07 Å². The Morgan fingerprint density at radius 2 is 2.20 bits per heavy atom. The first kappa shape index (κ1) is 17.6. The van der Waals surface area contributed by atoms with Gasteiger partial charge in [-0.3, -0.25) is 9.89 Å². The molecule has 25 heavy (non-hydrogen) atoms. The summed E-state index contributed by atoms with van der Waals surface area (Å²) in [6, 6.07) is 7.82. The number of aliphatic hydroxyl groups is 1. The Morgan fingerprint density at radius 1 is 1.40 bits per heavy atom. The lowest BCUT2D eigenvalue weighted by Gasteiger charge is -2.36. The molecule has 2 N–H and O–H groups in total. The van der Waals surface area contributed by atoms with Crippen LogP contribution in [0.2, 0.25) is 0 Å². The molecule has 0 saturated carbocycles. The minimum absolute atomic E-state index is 0.100. The Balaban J connectivity index is 1.80. The number of aromatic amines is 1. The SMILES string of the molecule is Cc1ccc(-c2cc(C(=O)N3CCOC[C@H]3C[C@@H](C)O)[nH]n2)cc1C. The first-order chi connectivity index (χ1) is 12.0. The van der Waals surface area contributed by atoms with Gasteiger partial charge in [0.2, 0.25) is 0 Å². The maximum Gasteiger partial charge on any atom is 0.272 e. The highest BCUT2D eigenvalue weighted by Gasteiger charge is 2.30. The third kappa shape index (κ3) is 3.91. The van der Waals surface area contributed by atoms with Gasteiger partial charge in [-0.05, 0) is 50.5 Å². The quantitative estimate of drug-likeness (QED) is 0.893. The van der Waals surface area contributed by atoms with Crippen molar-refractivity contribution >= 4 is 5.91 Å². The van der Waals surface area contributed by atoms with Crippen LogP contribution >= 0.6 is 0 Å². The molecule has 0 spiro atoms. The number of hydrogen-bond acceptors (Lipinski definition) is 4. The van der Waals surface area contributed by atoms with Crippen molar-refractivity contribution in [1.82, 2.24) is 15.1 Å².